The van der Waals surface area contributed by atoms with Crippen LogP contribution in [0.1, 0.15) is 16.3 Å². The molecule has 0 radical (unpaired) electrons. The summed E-state index contributed by atoms with van der Waals surface area (Å²) in [6, 6.07) is 12.6. The fourth-order valence-corrected chi connectivity index (χ4v) is 2.08. The van der Waals surface area contributed by atoms with Crippen LogP contribution < -0.4 is 5.32 Å². The molecule has 0 bridgehead atoms. The van der Waals surface area contributed by atoms with Crippen LogP contribution in [-0.4, -0.2) is 15.9 Å². The van der Waals surface area contributed by atoms with Crippen molar-refractivity contribution in [2.24, 2.45) is 0 Å². The van der Waals surface area contributed by atoms with Crippen LogP contribution in [0.4, 0.5) is 11.6 Å². The van der Waals surface area contributed by atoms with Crippen molar-refractivity contribution in [3.05, 3.63) is 70.2 Å². The minimum absolute atomic E-state index is 0.149. The standard InChI is InChI=1S/C16H12N2O6/c19-9-12-5-6-13(23-12)10-1-3-11(4-2-10)17-16(20)14-7-8-15(24-14)18(21)22/h1-8,19H,9H2,(H,17,20). The van der Waals surface area contributed by atoms with Crippen molar-refractivity contribution in [1.29, 1.82) is 0 Å². The number of furan rings is 2. The van der Waals surface area contributed by atoms with Gasteiger partial charge in [0.2, 0.25) is 0 Å². The Hall–Kier alpha value is -3.39. The van der Waals surface area contributed by atoms with E-state index in [4.69, 9.17) is 13.9 Å². The van der Waals surface area contributed by atoms with Crippen LogP contribution >= 0.6 is 0 Å². The van der Waals surface area contributed by atoms with Crippen molar-refractivity contribution < 1.29 is 23.7 Å². The molecule has 1 amide bonds. The molecule has 0 aliphatic carbocycles. The minimum Gasteiger partial charge on any atom is -0.459 e. The molecule has 3 rings (SSSR count). The van der Waals surface area contributed by atoms with Crippen LogP contribution in [0.25, 0.3) is 11.3 Å². The third kappa shape index (κ3) is 3.18. The van der Waals surface area contributed by atoms with Gasteiger partial charge in [0.15, 0.2) is 5.76 Å². The number of aliphatic hydroxyl groups excluding tert-OH is 1. The first-order valence-electron chi connectivity index (χ1n) is 6.92. The normalized spacial score (nSPS) is 10.5. The van der Waals surface area contributed by atoms with Crippen LogP contribution in [-0.2, 0) is 6.61 Å². The molecule has 0 spiro atoms. The number of carbonyl (C=O) groups is 1. The van der Waals surface area contributed by atoms with E-state index in [9.17, 15) is 14.9 Å². The molecule has 0 saturated heterocycles. The first-order valence-corrected chi connectivity index (χ1v) is 6.92. The second-order valence-electron chi connectivity index (χ2n) is 4.85. The van der Waals surface area contributed by atoms with E-state index in [-0.39, 0.29) is 12.4 Å². The molecule has 0 saturated carbocycles. The summed E-state index contributed by atoms with van der Waals surface area (Å²) in [5.41, 5.74) is 1.28. The first-order chi connectivity index (χ1) is 11.6. The molecule has 0 fully saturated rings. The average molecular weight is 328 g/mol. The molecular weight excluding hydrogens is 316 g/mol. The predicted octanol–water partition coefficient (Wildman–Crippen LogP) is 3.19. The quantitative estimate of drug-likeness (QED) is 0.548. The third-order valence-corrected chi connectivity index (χ3v) is 3.24. The molecular formula is C16H12N2O6. The second-order valence-corrected chi connectivity index (χ2v) is 4.85. The summed E-state index contributed by atoms with van der Waals surface area (Å²) < 4.78 is 10.3. The van der Waals surface area contributed by atoms with Gasteiger partial charge in [-0.15, -0.1) is 0 Å². The van der Waals surface area contributed by atoms with E-state index < -0.39 is 16.7 Å². The molecule has 1 aromatic carbocycles. The highest BCUT2D eigenvalue weighted by atomic mass is 16.6. The lowest BCUT2D eigenvalue weighted by Gasteiger charge is -2.04. The zero-order chi connectivity index (χ0) is 17.1. The molecule has 24 heavy (non-hydrogen) atoms. The number of nitrogens with zero attached hydrogens (tertiary/aromatic N) is 1. The van der Waals surface area contributed by atoms with Crippen LogP contribution in [0.5, 0.6) is 0 Å². The van der Waals surface area contributed by atoms with Gasteiger partial charge >= 0.3 is 5.88 Å². The lowest BCUT2D eigenvalue weighted by atomic mass is 10.1. The van der Waals surface area contributed by atoms with Gasteiger partial charge in [-0.05, 0) is 42.5 Å². The highest BCUT2D eigenvalue weighted by molar-refractivity contribution is 6.02. The molecule has 0 aliphatic heterocycles. The van der Waals surface area contributed by atoms with Crippen molar-refractivity contribution in [3.8, 4) is 11.3 Å². The first kappa shape index (κ1) is 15.5. The molecule has 2 heterocycles. The van der Waals surface area contributed by atoms with Crippen molar-refractivity contribution in [3.63, 3.8) is 0 Å². The monoisotopic (exact) mass is 328 g/mol. The molecule has 0 atom stereocenters. The Bertz CT molecular complexity index is 878. The maximum atomic E-state index is 12.0. The molecule has 2 aromatic heterocycles. The van der Waals surface area contributed by atoms with E-state index in [1.807, 2.05) is 0 Å². The number of amides is 1. The Kier molecular flexibility index (Phi) is 4.13. The number of carbonyl (C=O) groups excluding carboxylic acids is 1. The number of hydrogen-bond donors (Lipinski definition) is 2. The lowest BCUT2D eigenvalue weighted by molar-refractivity contribution is -0.402. The van der Waals surface area contributed by atoms with Gasteiger partial charge in [-0.1, -0.05) is 0 Å². The summed E-state index contributed by atoms with van der Waals surface area (Å²) in [7, 11) is 0. The molecule has 2 N–H and O–H groups in total. The van der Waals surface area contributed by atoms with Crippen molar-refractivity contribution in [1.82, 2.24) is 0 Å². The Morgan fingerprint density at radius 2 is 1.83 bits per heavy atom. The van der Waals surface area contributed by atoms with Crippen LogP contribution in [0, 0.1) is 10.1 Å². The van der Waals surface area contributed by atoms with Crippen LogP contribution in [0.3, 0.4) is 0 Å². The zero-order valence-electron chi connectivity index (χ0n) is 12.3. The SMILES string of the molecule is O=C(Nc1ccc(-c2ccc(CO)o2)cc1)c1ccc([N+](=O)[O-])o1. The Morgan fingerprint density at radius 1 is 1.08 bits per heavy atom. The number of nitrogens with one attached hydrogen (secondary N) is 1. The molecule has 0 unspecified atom stereocenters. The summed E-state index contributed by atoms with van der Waals surface area (Å²) in [4.78, 5) is 21.8. The van der Waals surface area contributed by atoms with Crippen LogP contribution in [0.2, 0.25) is 0 Å². The summed E-state index contributed by atoms with van der Waals surface area (Å²) in [6.07, 6.45) is 0. The minimum atomic E-state index is -0.713. The third-order valence-electron chi connectivity index (χ3n) is 3.24. The Labute approximate surface area is 135 Å². The van der Waals surface area contributed by atoms with E-state index >= 15 is 0 Å². The fourth-order valence-electron chi connectivity index (χ4n) is 2.08. The molecule has 8 nitrogen and oxygen atoms in total. The largest absolute Gasteiger partial charge is 0.459 e. The van der Waals surface area contributed by atoms with Crippen LogP contribution in [0.15, 0.2) is 57.4 Å². The van der Waals surface area contributed by atoms with Gasteiger partial charge in [-0.3, -0.25) is 14.9 Å². The van der Waals surface area contributed by atoms with Gasteiger partial charge in [0.1, 0.15) is 23.1 Å². The smallest absolute Gasteiger partial charge is 0.433 e. The maximum absolute atomic E-state index is 12.0. The predicted molar refractivity (Wildman–Crippen MR) is 83.4 cm³/mol. The highest BCUT2D eigenvalue weighted by Crippen LogP contribution is 2.24. The maximum Gasteiger partial charge on any atom is 0.433 e. The molecule has 8 heteroatoms. The number of nitro groups is 1. The Balaban J connectivity index is 1.71. The summed E-state index contributed by atoms with van der Waals surface area (Å²) in [5.74, 6) is -0.172. The summed E-state index contributed by atoms with van der Waals surface area (Å²) >= 11 is 0. The summed E-state index contributed by atoms with van der Waals surface area (Å²) in [5, 5.41) is 22.1. The van der Waals surface area contributed by atoms with Gasteiger partial charge in [0.05, 0.1) is 6.07 Å². The summed E-state index contributed by atoms with van der Waals surface area (Å²) in [6.45, 7) is -0.177. The Morgan fingerprint density at radius 3 is 2.42 bits per heavy atom. The van der Waals surface area contributed by atoms with E-state index in [0.29, 0.717) is 17.2 Å². The van der Waals surface area contributed by atoms with E-state index in [1.54, 1.807) is 36.4 Å². The number of aliphatic hydroxyl groups is 1. The topological polar surface area (TPSA) is 119 Å². The average Bonchev–Trinajstić information content (AvgIpc) is 3.25. The zero-order valence-corrected chi connectivity index (χ0v) is 12.3. The van der Waals surface area contributed by atoms with E-state index in [2.05, 4.69) is 5.32 Å². The second kappa shape index (κ2) is 6.39. The van der Waals surface area contributed by atoms with Crippen molar-refractivity contribution in [2.45, 2.75) is 6.61 Å². The highest BCUT2D eigenvalue weighted by Gasteiger charge is 2.17. The molecule has 122 valence electrons. The van der Waals surface area contributed by atoms with Crippen molar-refractivity contribution in [2.75, 3.05) is 5.32 Å². The molecule has 3 aromatic rings. The van der Waals surface area contributed by atoms with Gasteiger partial charge in [0.25, 0.3) is 5.91 Å². The lowest BCUT2D eigenvalue weighted by Crippen LogP contribution is -2.10. The van der Waals surface area contributed by atoms with E-state index in [0.717, 1.165) is 11.6 Å². The molecule has 0 aliphatic rings. The van der Waals surface area contributed by atoms with Crippen molar-refractivity contribution >= 4 is 17.5 Å². The number of anilines is 1. The van der Waals surface area contributed by atoms with Gasteiger partial charge < -0.3 is 19.3 Å². The van der Waals surface area contributed by atoms with Gasteiger partial charge in [-0.2, -0.15) is 0 Å². The number of hydrogen-bond acceptors (Lipinski definition) is 6. The van der Waals surface area contributed by atoms with Gasteiger partial charge in [-0.25, -0.2) is 0 Å². The number of rotatable bonds is 5. The number of benzene rings is 1. The van der Waals surface area contributed by atoms with Gasteiger partial charge in [0, 0.05) is 11.3 Å². The van der Waals surface area contributed by atoms with E-state index in [1.165, 1.54) is 6.07 Å². The fraction of sp³-hybridized carbons (Fsp3) is 0.0625.